The molecule has 0 saturated heterocycles. The fourth-order valence-corrected chi connectivity index (χ4v) is 3.52. The van der Waals surface area contributed by atoms with E-state index in [2.05, 4.69) is 0 Å². The van der Waals surface area contributed by atoms with E-state index in [1.807, 2.05) is 48.8 Å². The van der Waals surface area contributed by atoms with Crippen molar-refractivity contribution in [2.45, 2.75) is 53.3 Å². The third-order valence-electron chi connectivity index (χ3n) is 4.98. The van der Waals surface area contributed by atoms with Crippen LogP contribution in [0.25, 0.3) is 0 Å². The van der Waals surface area contributed by atoms with Crippen LogP contribution in [0.3, 0.4) is 0 Å². The molecule has 34 heavy (non-hydrogen) atoms. The lowest BCUT2D eigenvalue weighted by molar-refractivity contribution is -0.145. The van der Waals surface area contributed by atoms with Crippen molar-refractivity contribution in [1.29, 1.82) is 0 Å². The molecule has 2 rings (SSSR count). The van der Waals surface area contributed by atoms with Gasteiger partial charge in [-0.15, -0.1) is 0 Å². The van der Waals surface area contributed by atoms with Crippen LogP contribution in [0.1, 0.15) is 46.0 Å². The zero-order valence-electron chi connectivity index (χ0n) is 21.0. The molecule has 1 aromatic rings. The number of nitrogens with zero attached hydrogens (tertiary/aromatic N) is 4. The van der Waals surface area contributed by atoms with Gasteiger partial charge in [-0.25, -0.2) is 4.79 Å². The maximum absolute atomic E-state index is 12.9. The highest BCUT2D eigenvalue weighted by molar-refractivity contribution is 5.72. The fourth-order valence-electron chi connectivity index (χ4n) is 3.52. The van der Waals surface area contributed by atoms with Gasteiger partial charge in [0.25, 0.3) is 0 Å². The van der Waals surface area contributed by atoms with Gasteiger partial charge in [0.2, 0.25) is 0 Å². The Balaban J connectivity index is 2.29. The standard InChI is InChI=1S/C24H38N4O6/c1-6-32-21(29)17-26-11-13-28(23(31)34-24(3,4)5)14-12-27(18-22(30)33-7-2)16-20-10-8-9-19(15-26)25-20/h8-10H,6-7,11-18H2,1-5H3. The Morgan fingerprint density at radius 3 is 1.74 bits per heavy atom. The van der Waals surface area contributed by atoms with Crippen molar-refractivity contribution >= 4 is 18.0 Å². The minimum absolute atomic E-state index is 0.0941. The van der Waals surface area contributed by atoms with Crippen molar-refractivity contribution in [1.82, 2.24) is 19.7 Å². The van der Waals surface area contributed by atoms with Crippen LogP contribution in [0.2, 0.25) is 0 Å². The normalized spacial score (nSPS) is 16.2. The summed E-state index contributed by atoms with van der Waals surface area (Å²) in [6.07, 6.45) is -0.437. The van der Waals surface area contributed by atoms with E-state index >= 15 is 0 Å². The van der Waals surface area contributed by atoms with Gasteiger partial charge < -0.3 is 19.1 Å². The highest BCUT2D eigenvalue weighted by Crippen LogP contribution is 2.13. The summed E-state index contributed by atoms with van der Waals surface area (Å²) in [6, 6.07) is 5.71. The van der Waals surface area contributed by atoms with Crippen molar-refractivity contribution in [3.05, 3.63) is 29.6 Å². The number of esters is 2. The Bertz CT molecular complexity index is 777. The van der Waals surface area contributed by atoms with Crippen LogP contribution in [0.15, 0.2) is 18.2 Å². The quantitative estimate of drug-likeness (QED) is 0.449. The van der Waals surface area contributed by atoms with Gasteiger partial charge in [-0.05, 0) is 46.8 Å². The van der Waals surface area contributed by atoms with E-state index in [0.29, 0.717) is 52.5 Å². The Morgan fingerprint density at radius 1 is 0.853 bits per heavy atom. The van der Waals surface area contributed by atoms with E-state index in [-0.39, 0.29) is 25.0 Å². The number of carbonyl (C=O) groups excluding carboxylic acids is 3. The largest absolute Gasteiger partial charge is 0.465 e. The number of hydrogen-bond donors (Lipinski definition) is 0. The lowest BCUT2D eigenvalue weighted by atomic mass is 10.2. The Hall–Kier alpha value is -2.72. The van der Waals surface area contributed by atoms with Gasteiger partial charge in [0, 0.05) is 39.3 Å². The molecular weight excluding hydrogens is 440 g/mol. The highest BCUT2D eigenvalue weighted by Gasteiger charge is 2.25. The molecule has 2 heterocycles. The van der Waals surface area contributed by atoms with Gasteiger partial charge in [-0.3, -0.25) is 24.4 Å². The molecule has 0 spiro atoms. The van der Waals surface area contributed by atoms with Crippen molar-refractivity contribution in [2.24, 2.45) is 0 Å². The molecule has 1 aromatic heterocycles. The van der Waals surface area contributed by atoms with E-state index < -0.39 is 11.7 Å². The smallest absolute Gasteiger partial charge is 0.410 e. The minimum Gasteiger partial charge on any atom is -0.465 e. The second-order valence-electron chi connectivity index (χ2n) is 9.12. The van der Waals surface area contributed by atoms with Crippen molar-refractivity contribution < 1.29 is 28.6 Å². The van der Waals surface area contributed by atoms with E-state index in [0.717, 1.165) is 11.4 Å². The van der Waals surface area contributed by atoms with Crippen LogP contribution in [-0.4, -0.2) is 95.8 Å². The molecule has 10 heteroatoms. The summed E-state index contributed by atoms with van der Waals surface area (Å²) in [5, 5.41) is 0. The third kappa shape index (κ3) is 10.0. The first-order valence-corrected chi connectivity index (χ1v) is 11.8. The van der Waals surface area contributed by atoms with Crippen LogP contribution in [0, 0.1) is 0 Å². The number of hydrogen-bond acceptors (Lipinski definition) is 9. The van der Waals surface area contributed by atoms with E-state index in [4.69, 9.17) is 19.2 Å². The molecule has 10 nitrogen and oxygen atoms in total. The molecule has 190 valence electrons. The summed E-state index contributed by atoms with van der Waals surface area (Å²) in [5.41, 5.74) is 0.946. The van der Waals surface area contributed by atoms with Gasteiger partial charge in [0.1, 0.15) is 5.60 Å². The molecule has 0 saturated carbocycles. The predicted octanol–water partition coefficient (Wildman–Crippen LogP) is 2.06. The molecule has 0 radical (unpaired) electrons. The van der Waals surface area contributed by atoms with Crippen LogP contribution < -0.4 is 0 Å². The first-order chi connectivity index (χ1) is 16.1. The van der Waals surface area contributed by atoms with Gasteiger partial charge in [0.05, 0.1) is 37.7 Å². The second kappa shape index (κ2) is 13.2. The number of fused-ring (bicyclic) bond motifs is 2. The summed E-state index contributed by atoms with van der Waals surface area (Å²) >= 11 is 0. The van der Waals surface area contributed by atoms with Crippen molar-refractivity contribution in [3.63, 3.8) is 0 Å². The zero-order chi connectivity index (χ0) is 25.1. The first-order valence-electron chi connectivity index (χ1n) is 11.8. The van der Waals surface area contributed by atoms with Crippen LogP contribution in [0.5, 0.6) is 0 Å². The molecule has 1 aliphatic rings. The predicted molar refractivity (Wildman–Crippen MR) is 126 cm³/mol. The minimum atomic E-state index is -0.641. The van der Waals surface area contributed by atoms with Gasteiger partial charge in [0.15, 0.2) is 0 Å². The van der Waals surface area contributed by atoms with E-state index in [1.165, 1.54) is 0 Å². The molecule has 0 aromatic carbocycles. The van der Waals surface area contributed by atoms with Crippen LogP contribution >= 0.6 is 0 Å². The number of rotatable bonds is 6. The Morgan fingerprint density at radius 2 is 1.32 bits per heavy atom. The van der Waals surface area contributed by atoms with Crippen molar-refractivity contribution in [3.8, 4) is 0 Å². The Labute approximate surface area is 202 Å². The summed E-state index contributed by atoms with van der Waals surface area (Å²) in [4.78, 5) is 47.4. The fraction of sp³-hybridized carbons (Fsp3) is 0.667. The molecule has 0 unspecified atom stereocenters. The maximum Gasteiger partial charge on any atom is 0.410 e. The number of carbonyl (C=O) groups is 3. The lowest BCUT2D eigenvalue weighted by Crippen LogP contribution is -2.46. The molecule has 2 bridgehead atoms. The highest BCUT2D eigenvalue weighted by atomic mass is 16.6. The molecular formula is C24H38N4O6. The molecule has 0 aliphatic carbocycles. The monoisotopic (exact) mass is 478 g/mol. The van der Waals surface area contributed by atoms with Crippen molar-refractivity contribution in [2.75, 3.05) is 52.5 Å². The zero-order valence-corrected chi connectivity index (χ0v) is 21.0. The van der Waals surface area contributed by atoms with E-state index in [9.17, 15) is 14.4 Å². The summed E-state index contributed by atoms with van der Waals surface area (Å²) in [7, 11) is 0. The molecule has 0 N–H and O–H groups in total. The topological polar surface area (TPSA) is 102 Å². The van der Waals surface area contributed by atoms with Gasteiger partial charge in [-0.2, -0.15) is 0 Å². The summed E-state index contributed by atoms with van der Waals surface area (Å²) < 4.78 is 15.9. The van der Waals surface area contributed by atoms with Crippen LogP contribution in [-0.2, 0) is 36.9 Å². The van der Waals surface area contributed by atoms with Crippen LogP contribution in [0.4, 0.5) is 4.79 Å². The van der Waals surface area contributed by atoms with Gasteiger partial charge in [-0.1, -0.05) is 6.07 Å². The molecule has 1 amide bonds. The average Bonchev–Trinajstić information content (AvgIpc) is 2.72. The SMILES string of the molecule is CCOC(=O)CN1CCN(C(=O)OC(C)(C)C)CCN(CC(=O)OCC)Cc2cccc(n2)C1. The molecule has 0 atom stereocenters. The summed E-state index contributed by atoms with van der Waals surface area (Å²) in [6.45, 7) is 12.2. The van der Waals surface area contributed by atoms with E-state index in [1.54, 1.807) is 18.7 Å². The first kappa shape index (κ1) is 27.5. The maximum atomic E-state index is 12.9. The number of pyridine rings is 1. The number of aromatic nitrogens is 1. The molecule has 1 aliphatic heterocycles. The summed E-state index contributed by atoms with van der Waals surface area (Å²) in [5.74, 6) is -0.648. The lowest BCUT2D eigenvalue weighted by Gasteiger charge is -2.32. The Kier molecular flexibility index (Phi) is 10.7. The third-order valence-corrected chi connectivity index (χ3v) is 4.98. The molecule has 0 fully saturated rings. The second-order valence-corrected chi connectivity index (χ2v) is 9.12. The number of amides is 1. The average molecular weight is 479 g/mol. The number of ether oxygens (including phenoxy) is 3. The van der Waals surface area contributed by atoms with Gasteiger partial charge >= 0.3 is 18.0 Å².